The highest BCUT2D eigenvalue weighted by Crippen LogP contribution is 2.33. The highest BCUT2D eigenvalue weighted by molar-refractivity contribution is 7.89. The zero-order valence-corrected chi connectivity index (χ0v) is 15.8. The van der Waals surface area contributed by atoms with Gasteiger partial charge in [-0.1, -0.05) is 18.2 Å². The number of carbonyl (C=O) groups excluding carboxylic acids is 1. The maximum absolute atomic E-state index is 12.7. The van der Waals surface area contributed by atoms with E-state index in [1.54, 1.807) is 30.2 Å². The van der Waals surface area contributed by atoms with E-state index in [0.29, 0.717) is 12.2 Å². The Hall–Kier alpha value is -2.38. The molecule has 2 aromatic rings. The summed E-state index contributed by atoms with van der Waals surface area (Å²) in [4.78, 5) is 13.7. The summed E-state index contributed by atoms with van der Waals surface area (Å²) in [6.07, 6.45) is 0.644. The SMILES string of the molecule is COc1ccccc1CNS(=O)(=O)c1ccc2c(c1)C[C@H](C)N2C(C)=O. The number of sulfonamides is 1. The quantitative estimate of drug-likeness (QED) is 0.872. The number of ether oxygens (including phenoxy) is 1. The topological polar surface area (TPSA) is 75.7 Å². The maximum atomic E-state index is 12.7. The van der Waals surface area contributed by atoms with Crippen LogP contribution < -0.4 is 14.4 Å². The summed E-state index contributed by atoms with van der Waals surface area (Å²) in [5.41, 5.74) is 2.41. The summed E-state index contributed by atoms with van der Waals surface area (Å²) >= 11 is 0. The number of para-hydroxylation sites is 1. The Morgan fingerprint density at radius 1 is 1.27 bits per heavy atom. The molecule has 1 heterocycles. The Bertz CT molecular complexity index is 940. The zero-order valence-electron chi connectivity index (χ0n) is 15.0. The predicted molar refractivity (Wildman–Crippen MR) is 99.8 cm³/mol. The molecule has 0 radical (unpaired) electrons. The number of amides is 1. The average Bonchev–Trinajstić information content (AvgIpc) is 2.95. The molecule has 26 heavy (non-hydrogen) atoms. The van der Waals surface area contributed by atoms with Gasteiger partial charge in [0.1, 0.15) is 5.75 Å². The van der Waals surface area contributed by atoms with Gasteiger partial charge in [-0.15, -0.1) is 0 Å². The minimum Gasteiger partial charge on any atom is -0.496 e. The molecule has 138 valence electrons. The first kappa shape index (κ1) is 18.4. The van der Waals surface area contributed by atoms with E-state index in [1.807, 2.05) is 25.1 Å². The Balaban J connectivity index is 1.83. The van der Waals surface area contributed by atoms with Crippen molar-refractivity contribution < 1.29 is 17.9 Å². The van der Waals surface area contributed by atoms with Gasteiger partial charge in [-0.3, -0.25) is 4.79 Å². The van der Waals surface area contributed by atoms with Crippen LogP contribution in [-0.4, -0.2) is 27.5 Å². The lowest BCUT2D eigenvalue weighted by Gasteiger charge is -2.20. The van der Waals surface area contributed by atoms with Crippen molar-refractivity contribution in [3.05, 3.63) is 53.6 Å². The number of hydrogen-bond donors (Lipinski definition) is 1. The second-order valence-corrected chi connectivity index (χ2v) is 8.14. The van der Waals surface area contributed by atoms with Gasteiger partial charge in [-0.2, -0.15) is 0 Å². The smallest absolute Gasteiger partial charge is 0.240 e. The van der Waals surface area contributed by atoms with Crippen LogP contribution in [0.3, 0.4) is 0 Å². The Labute approximate surface area is 153 Å². The molecule has 0 aromatic heterocycles. The van der Waals surface area contributed by atoms with Crippen LogP contribution in [-0.2, 0) is 27.8 Å². The monoisotopic (exact) mass is 374 g/mol. The zero-order chi connectivity index (χ0) is 18.9. The molecule has 1 N–H and O–H groups in total. The largest absolute Gasteiger partial charge is 0.496 e. The molecular formula is C19H22N2O4S. The van der Waals surface area contributed by atoms with Gasteiger partial charge in [-0.25, -0.2) is 13.1 Å². The van der Waals surface area contributed by atoms with Crippen LogP contribution >= 0.6 is 0 Å². The molecule has 2 aromatic carbocycles. The minimum absolute atomic E-state index is 0.0296. The van der Waals surface area contributed by atoms with Crippen LogP contribution in [0.25, 0.3) is 0 Å². The van der Waals surface area contributed by atoms with Gasteiger partial charge in [0.15, 0.2) is 0 Å². The van der Waals surface area contributed by atoms with E-state index in [0.717, 1.165) is 16.8 Å². The molecule has 0 aliphatic carbocycles. The molecule has 1 aliphatic rings. The van der Waals surface area contributed by atoms with Crippen molar-refractivity contribution in [2.75, 3.05) is 12.0 Å². The summed E-state index contributed by atoms with van der Waals surface area (Å²) < 4.78 is 33.2. The highest BCUT2D eigenvalue weighted by atomic mass is 32.2. The molecule has 3 rings (SSSR count). The minimum atomic E-state index is -3.67. The van der Waals surface area contributed by atoms with Crippen LogP contribution in [0, 0.1) is 0 Å². The lowest BCUT2D eigenvalue weighted by atomic mass is 10.1. The number of anilines is 1. The molecule has 0 unspecified atom stereocenters. The maximum Gasteiger partial charge on any atom is 0.240 e. The molecule has 6 nitrogen and oxygen atoms in total. The number of methoxy groups -OCH3 is 1. The number of rotatable bonds is 5. The van der Waals surface area contributed by atoms with E-state index in [1.165, 1.54) is 13.0 Å². The van der Waals surface area contributed by atoms with Gasteiger partial charge in [-0.05, 0) is 43.2 Å². The summed E-state index contributed by atoms with van der Waals surface area (Å²) in [5, 5.41) is 0. The van der Waals surface area contributed by atoms with Crippen molar-refractivity contribution in [3.63, 3.8) is 0 Å². The Kier molecular flexibility index (Phi) is 5.02. The van der Waals surface area contributed by atoms with Crippen LogP contribution in [0.15, 0.2) is 47.4 Å². The van der Waals surface area contributed by atoms with Crippen molar-refractivity contribution in [1.82, 2.24) is 4.72 Å². The second-order valence-electron chi connectivity index (χ2n) is 6.37. The molecular weight excluding hydrogens is 352 g/mol. The van der Waals surface area contributed by atoms with Gasteiger partial charge < -0.3 is 9.64 Å². The molecule has 1 aliphatic heterocycles. The van der Waals surface area contributed by atoms with Crippen molar-refractivity contribution in [2.45, 2.75) is 37.8 Å². The molecule has 1 atom stereocenters. The number of nitrogens with zero attached hydrogens (tertiary/aromatic N) is 1. The first-order valence-corrected chi connectivity index (χ1v) is 9.86. The Morgan fingerprint density at radius 2 is 2.00 bits per heavy atom. The standard InChI is InChI=1S/C19H22N2O4S/c1-13-10-16-11-17(8-9-18(16)21(13)14(2)22)26(23,24)20-12-15-6-4-5-7-19(15)25-3/h4-9,11,13,20H,10,12H2,1-3H3/t13-/m0/s1. The molecule has 7 heteroatoms. The van der Waals surface area contributed by atoms with Gasteiger partial charge >= 0.3 is 0 Å². The fraction of sp³-hybridized carbons (Fsp3) is 0.316. The number of fused-ring (bicyclic) bond motifs is 1. The number of hydrogen-bond acceptors (Lipinski definition) is 4. The Morgan fingerprint density at radius 3 is 2.69 bits per heavy atom. The molecule has 0 spiro atoms. The number of benzene rings is 2. The van der Waals surface area contributed by atoms with Gasteiger partial charge in [0.2, 0.25) is 15.9 Å². The summed E-state index contributed by atoms with van der Waals surface area (Å²) in [5.74, 6) is 0.594. The fourth-order valence-corrected chi connectivity index (χ4v) is 4.42. The number of nitrogens with one attached hydrogen (secondary N) is 1. The van der Waals surface area contributed by atoms with E-state index in [9.17, 15) is 13.2 Å². The van der Waals surface area contributed by atoms with Crippen LogP contribution in [0.4, 0.5) is 5.69 Å². The van der Waals surface area contributed by atoms with Crippen molar-refractivity contribution in [3.8, 4) is 5.75 Å². The van der Waals surface area contributed by atoms with Crippen molar-refractivity contribution >= 4 is 21.6 Å². The molecule has 0 saturated heterocycles. The average molecular weight is 374 g/mol. The first-order chi connectivity index (χ1) is 12.3. The summed E-state index contributed by atoms with van der Waals surface area (Å²) in [6.45, 7) is 3.61. The lowest BCUT2D eigenvalue weighted by Crippen LogP contribution is -2.33. The summed E-state index contributed by atoms with van der Waals surface area (Å²) in [7, 11) is -2.12. The fourth-order valence-electron chi connectivity index (χ4n) is 3.36. The van der Waals surface area contributed by atoms with Gasteiger partial charge in [0.05, 0.1) is 12.0 Å². The lowest BCUT2D eigenvalue weighted by molar-refractivity contribution is -0.116. The van der Waals surface area contributed by atoms with E-state index in [2.05, 4.69) is 4.72 Å². The molecule has 0 fully saturated rings. The van der Waals surface area contributed by atoms with E-state index in [4.69, 9.17) is 4.74 Å². The van der Waals surface area contributed by atoms with Crippen LogP contribution in [0.2, 0.25) is 0 Å². The normalized spacial score (nSPS) is 16.4. The third-order valence-corrected chi connectivity index (χ3v) is 5.96. The van der Waals surface area contributed by atoms with Crippen LogP contribution in [0.5, 0.6) is 5.75 Å². The molecule has 1 amide bonds. The highest BCUT2D eigenvalue weighted by Gasteiger charge is 2.30. The third-order valence-electron chi connectivity index (χ3n) is 4.56. The third kappa shape index (κ3) is 3.45. The van der Waals surface area contributed by atoms with Gasteiger partial charge in [0, 0.05) is 30.8 Å². The number of carbonyl (C=O) groups is 1. The van der Waals surface area contributed by atoms with Crippen molar-refractivity contribution in [1.29, 1.82) is 0 Å². The van der Waals surface area contributed by atoms with E-state index >= 15 is 0 Å². The van der Waals surface area contributed by atoms with Crippen LogP contribution in [0.1, 0.15) is 25.0 Å². The predicted octanol–water partition coefficient (Wildman–Crippen LogP) is 2.47. The second kappa shape index (κ2) is 7.09. The molecule has 0 bridgehead atoms. The van der Waals surface area contributed by atoms with E-state index < -0.39 is 10.0 Å². The van der Waals surface area contributed by atoms with Crippen molar-refractivity contribution in [2.24, 2.45) is 0 Å². The van der Waals surface area contributed by atoms with E-state index in [-0.39, 0.29) is 23.4 Å². The van der Waals surface area contributed by atoms with Gasteiger partial charge in [0.25, 0.3) is 0 Å². The first-order valence-electron chi connectivity index (χ1n) is 8.38. The summed E-state index contributed by atoms with van der Waals surface area (Å²) in [6, 6.07) is 12.2. The molecule has 0 saturated carbocycles.